The van der Waals surface area contributed by atoms with E-state index in [0.717, 1.165) is 19.6 Å². The van der Waals surface area contributed by atoms with Crippen molar-refractivity contribution in [3.63, 3.8) is 0 Å². The highest BCUT2D eigenvalue weighted by atomic mass is 16.2. The molecule has 2 heterocycles. The first-order valence-corrected chi connectivity index (χ1v) is 7.08. The van der Waals surface area contributed by atoms with E-state index < -0.39 is 0 Å². The van der Waals surface area contributed by atoms with E-state index in [2.05, 4.69) is 41.0 Å². The van der Waals surface area contributed by atoms with E-state index in [0.29, 0.717) is 6.04 Å². The smallest absolute Gasteiger partial charge is 0.318 e. The molecule has 0 aliphatic carbocycles. The fourth-order valence-corrected chi connectivity index (χ4v) is 2.98. The Hall–Kier alpha value is -2.07. The highest BCUT2D eigenvalue weighted by Gasteiger charge is 2.36. The molecule has 20 heavy (non-hydrogen) atoms. The summed E-state index contributed by atoms with van der Waals surface area (Å²) in [6.07, 6.45) is 0. The van der Waals surface area contributed by atoms with Crippen molar-refractivity contribution in [3.8, 4) is 0 Å². The standard InChI is InChI=1S/C16H17N3O/c20-16-18-15(10-19(16)14-8-17-9-14)13-6-5-11-3-1-2-4-12(11)7-13/h1-7,14-15,17H,8-10H2,(H,18,20). The highest BCUT2D eigenvalue weighted by Crippen LogP contribution is 2.25. The maximum Gasteiger partial charge on any atom is 0.318 e. The Labute approximate surface area is 117 Å². The van der Waals surface area contributed by atoms with Crippen LogP contribution in [0.1, 0.15) is 11.6 Å². The predicted octanol–water partition coefficient (Wildman–Crippen LogP) is 1.88. The lowest BCUT2D eigenvalue weighted by atomic mass is 10.0. The molecule has 0 saturated carbocycles. The number of amides is 2. The summed E-state index contributed by atoms with van der Waals surface area (Å²) in [6, 6.07) is 15.3. The van der Waals surface area contributed by atoms with Gasteiger partial charge in [0.05, 0.1) is 12.1 Å². The molecule has 4 rings (SSSR count). The van der Waals surface area contributed by atoms with Gasteiger partial charge in [0.15, 0.2) is 0 Å². The van der Waals surface area contributed by atoms with Crippen LogP contribution in [-0.4, -0.2) is 36.6 Å². The minimum Gasteiger partial charge on any atom is -0.329 e. The van der Waals surface area contributed by atoms with Crippen molar-refractivity contribution >= 4 is 16.8 Å². The molecule has 2 aromatic rings. The molecule has 2 aliphatic heterocycles. The van der Waals surface area contributed by atoms with E-state index in [4.69, 9.17) is 0 Å². The van der Waals surface area contributed by atoms with Crippen molar-refractivity contribution in [3.05, 3.63) is 48.0 Å². The number of urea groups is 1. The number of rotatable bonds is 2. The van der Waals surface area contributed by atoms with Crippen LogP contribution in [0.2, 0.25) is 0 Å². The summed E-state index contributed by atoms with van der Waals surface area (Å²) in [5, 5.41) is 8.77. The molecule has 2 aliphatic rings. The van der Waals surface area contributed by atoms with Crippen LogP contribution in [0.3, 0.4) is 0 Å². The molecule has 0 bridgehead atoms. The molecule has 2 saturated heterocycles. The van der Waals surface area contributed by atoms with Crippen LogP contribution < -0.4 is 10.6 Å². The van der Waals surface area contributed by atoms with Gasteiger partial charge in [-0.25, -0.2) is 4.79 Å². The fraction of sp³-hybridized carbons (Fsp3) is 0.312. The van der Waals surface area contributed by atoms with Crippen LogP contribution in [0, 0.1) is 0 Å². The average Bonchev–Trinajstić information content (AvgIpc) is 2.78. The lowest BCUT2D eigenvalue weighted by molar-refractivity contribution is 0.172. The second-order valence-corrected chi connectivity index (χ2v) is 5.57. The second-order valence-electron chi connectivity index (χ2n) is 5.57. The Balaban J connectivity index is 1.61. The van der Waals surface area contributed by atoms with Gasteiger partial charge in [-0.1, -0.05) is 36.4 Å². The van der Waals surface area contributed by atoms with Crippen LogP contribution in [0.4, 0.5) is 4.79 Å². The zero-order valence-corrected chi connectivity index (χ0v) is 11.2. The van der Waals surface area contributed by atoms with Crippen molar-refractivity contribution in [2.75, 3.05) is 19.6 Å². The van der Waals surface area contributed by atoms with E-state index >= 15 is 0 Å². The molecule has 4 nitrogen and oxygen atoms in total. The van der Waals surface area contributed by atoms with Gasteiger partial charge in [-0.15, -0.1) is 0 Å². The second kappa shape index (κ2) is 4.49. The van der Waals surface area contributed by atoms with Gasteiger partial charge in [-0.05, 0) is 22.4 Å². The SMILES string of the molecule is O=C1NC(c2ccc3ccccc3c2)CN1C1CNC1. The lowest BCUT2D eigenvalue weighted by Crippen LogP contribution is -2.57. The van der Waals surface area contributed by atoms with Crippen LogP contribution in [0.25, 0.3) is 10.8 Å². The number of nitrogens with zero attached hydrogens (tertiary/aromatic N) is 1. The summed E-state index contributed by atoms with van der Waals surface area (Å²) in [5.74, 6) is 0. The van der Waals surface area contributed by atoms with Crippen molar-refractivity contribution in [1.82, 2.24) is 15.5 Å². The first-order valence-electron chi connectivity index (χ1n) is 7.08. The first-order chi connectivity index (χ1) is 9.81. The van der Waals surface area contributed by atoms with Crippen LogP contribution >= 0.6 is 0 Å². The Morgan fingerprint density at radius 3 is 2.60 bits per heavy atom. The van der Waals surface area contributed by atoms with Gasteiger partial charge < -0.3 is 15.5 Å². The molecule has 1 atom stereocenters. The van der Waals surface area contributed by atoms with E-state index in [9.17, 15) is 4.79 Å². The minimum atomic E-state index is 0.0645. The molecule has 2 fully saturated rings. The van der Waals surface area contributed by atoms with Crippen LogP contribution in [-0.2, 0) is 0 Å². The van der Waals surface area contributed by atoms with Crippen molar-refractivity contribution < 1.29 is 4.79 Å². The minimum absolute atomic E-state index is 0.0645. The van der Waals surface area contributed by atoms with Gasteiger partial charge in [0.2, 0.25) is 0 Å². The van der Waals surface area contributed by atoms with Crippen molar-refractivity contribution in [2.24, 2.45) is 0 Å². The molecular weight excluding hydrogens is 250 g/mol. The molecule has 2 N–H and O–H groups in total. The predicted molar refractivity (Wildman–Crippen MR) is 78.6 cm³/mol. The number of fused-ring (bicyclic) bond motifs is 1. The molecule has 1 unspecified atom stereocenters. The van der Waals surface area contributed by atoms with Gasteiger partial charge in [0.25, 0.3) is 0 Å². The quantitative estimate of drug-likeness (QED) is 0.872. The molecule has 4 heteroatoms. The number of benzene rings is 2. The fourth-order valence-electron chi connectivity index (χ4n) is 2.98. The third-order valence-electron chi connectivity index (χ3n) is 4.31. The summed E-state index contributed by atoms with van der Waals surface area (Å²) < 4.78 is 0. The van der Waals surface area contributed by atoms with Crippen molar-refractivity contribution in [2.45, 2.75) is 12.1 Å². The normalized spacial score (nSPS) is 22.9. The Morgan fingerprint density at radius 1 is 1.05 bits per heavy atom. The maximum absolute atomic E-state index is 12.0. The molecule has 0 aromatic heterocycles. The average molecular weight is 267 g/mol. The number of hydrogen-bond donors (Lipinski definition) is 2. The summed E-state index contributed by atoms with van der Waals surface area (Å²) >= 11 is 0. The van der Waals surface area contributed by atoms with Gasteiger partial charge in [0, 0.05) is 19.6 Å². The van der Waals surface area contributed by atoms with Gasteiger partial charge in [-0.2, -0.15) is 0 Å². The third-order valence-corrected chi connectivity index (χ3v) is 4.31. The number of nitrogens with one attached hydrogen (secondary N) is 2. The molecule has 0 spiro atoms. The van der Waals surface area contributed by atoms with Crippen molar-refractivity contribution in [1.29, 1.82) is 0 Å². The number of hydrogen-bond acceptors (Lipinski definition) is 2. The van der Waals surface area contributed by atoms with Crippen LogP contribution in [0.15, 0.2) is 42.5 Å². The summed E-state index contributed by atoms with van der Waals surface area (Å²) in [4.78, 5) is 14.0. The largest absolute Gasteiger partial charge is 0.329 e. The van der Waals surface area contributed by atoms with Gasteiger partial charge in [0.1, 0.15) is 0 Å². The van der Waals surface area contributed by atoms with Gasteiger partial charge in [-0.3, -0.25) is 0 Å². The monoisotopic (exact) mass is 267 g/mol. The number of carbonyl (C=O) groups is 1. The first kappa shape index (κ1) is 11.7. The molecule has 2 aromatic carbocycles. The molecule has 102 valence electrons. The summed E-state index contributed by atoms with van der Waals surface area (Å²) in [5.41, 5.74) is 1.19. The third kappa shape index (κ3) is 1.84. The molecule has 0 radical (unpaired) electrons. The summed E-state index contributed by atoms with van der Waals surface area (Å²) in [6.45, 7) is 2.60. The molecule has 2 amide bonds. The Bertz CT molecular complexity index is 666. The number of carbonyl (C=O) groups excluding carboxylic acids is 1. The summed E-state index contributed by atoms with van der Waals surface area (Å²) in [7, 11) is 0. The topological polar surface area (TPSA) is 44.4 Å². The van der Waals surface area contributed by atoms with E-state index in [1.165, 1.54) is 16.3 Å². The van der Waals surface area contributed by atoms with E-state index in [-0.39, 0.29) is 12.1 Å². The lowest BCUT2D eigenvalue weighted by Gasteiger charge is -2.34. The zero-order valence-electron chi connectivity index (χ0n) is 11.2. The molecular formula is C16H17N3O. The zero-order chi connectivity index (χ0) is 13.5. The highest BCUT2D eigenvalue weighted by molar-refractivity contribution is 5.84. The Morgan fingerprint density at radius 2 is 1.85 bits per heavy atom. The van der Waals surface area contributed by atoms with E-state index in [1.807, 2.05) is 17.0 Å². The maximum atomic E-state index is 12.0. The van der Waals surface area contributed by atoms with Crippen LogP contribution in [0.5, 0.6) is 0 Å². The van der Waals surface area contributed by atoms with E-state index in [1.54, 1.807) is 0 Å². The Kier molecular flexibility index (Phi) is 2.63. The van der Waals surface area contributed by atoms with Gasteiger partial charge >= 0.3 is 6.03 Å².